The van der Waals surface area contributed by atoms with Crippen LogP contribution >= 0.6 is 0 Å². The summed E-state index contributed by atoms with van der Waals surface area (Å²) in [7, 11) is 3.01. The van der Waals surface area contributed by atoms with E-state index in [0.29, 0.717) is 11.4 Å². The van der Waals surface area contributed by atoms with E-state index in [0.717, 1.165) is 10.4 Å². The summed E-state index contributed by atoms with van der Waals surface area (Å²) < 4.78 is 7.31. The number of aryl methyl sites for hydroxylation is 1. The molecule has 3 heterocycles. The van der Waals surface area contributed by atoms with E-state index in [9.17, 15) is 9.59 Å². The maximum Gasteiger partial charge on any atom is 0.358 e. The van der Waals surface area contributed by atoms with Crippen molar-refractivity contribution in [1.82, 2.24) is 29.8 Å². The first-order chi connectivity index (χ1) is 11.1. The number of aromatic nitrogens is 6. The molecule has 3 aromatic rings. The van der Waals surface area contributed by atoms with E-state index in [2.05, 4.69) is 25.1 Å². The highest BCUT2D eigenvalue weighted by atomic mass is 16.5. The molecule has 0 N–H and O–H groups in total. The van der Waals surface area contributed by atoms with Crippen LogP contribution in [-0.2, 0) is 11.8 Å². The van der Waals surface area contributed by atoms with Gasteiger partial charge in [-0.1, -0.05) is 0 Å². The fraction of sp³-hybridized carbons (Fsp3) is 0.143. The number of hydrogen-bond donors (Lipinski definition) is 0. The van der Waals surface area contributed by atoms with Crippen molar-refractivity contribution in [2.24, 2.45) is 7.05 Å². The molecule has 0 saturated carbocycles. The first-order valence-electron chi connectivity index (χ1n) is 6.60. The minimum atomic E-state index is -0.632. The molecule has 0 radical (unpaired) electrons. The Kier molecular flexibility index (Phi) is 3.67. The Bertz CT molecular complexity index is 930. The minimum Gasteiger partial charge on any atom is -0.464 e. The molecule has 0 atom stereocenters. The van der Waals surface area contributed by atoms with Crippen molar-refractivity contribution in [2.75, 3.05) is 7.11 Å². The average Bonchev–Trinajstić information content (AvgIpc) is 3.01. The lowest BCUT2D eigenvalue weighted by atomic mass is 10.2. The topological polar surface area (TPSA) is 105 Å². The summed E-state index contributed by atoms with van der Waals surface area (Å²) in [5.41, 5.74) is 1.26. The molecule has 0 aliphatic heterocycles. The van der Waals surface area contributed by atoms with Gasteiger partial charge in [0.25, 0.3) is 5.56 Å². The number of carbonyl (C=O) groups is 1. The summed E-state index contributed by atoms with van der Waals surface area (Å²) >= 11 is 0. The molecule has 0 saturated heterocycles. The number of rotatable bonds is 3. The molecule has 116 valence electrons. The quantitative estimate of drug-likeness (QED) is 0.636. The molecule has 0 bridgehead atoms. The van der Waals surface area contributed by atoms with E-state index < -0.39 is 11.5 Å². The number of carbonyl (C=O) groups excluding carboxylic acids is 1. The molecule has 3 aromatic heterocycles. The second kappa shape index (κ2) is 5.79. The smallest absolute Gasteiger partial charge is 0.358 e. The normalized spacial score (nSPS) is 10.5. The predicted octanol–water partition coefficient (Wildman–Crippen LogP) is 0.210. The van der Waals surface area contributed by atoms with Crippen molar-refractivity contribution in [1.29, 1.82) is 0 Å². The minimum absolute atomic E-state index is 0.0194. The highest BCUT2D eigenvalue weighted by Crippen LogP contribution is 2.16. The van der Waals surface area contributed by atoms with Gasteiger partial charge in [0, 0.05) is 19.3 Å². The highest BCUT2D eigenvalue weighted by Gasteiger charge is 2.12. The van der Waals surface area contributed by atoms with Crippen molar-refractivity contribution in [2.45, 2.75) is 0 Å². The van der Waals surface area contributed by atoms with E-state index in [1.165, 1.54) is 25.4 Å². The zero-order valence-electron chi connectivity index (χ0n) is 12.4. The van der Waals surface area contributed by atoms with Crippen LogP contribution in [0.5, 0.6) is 0 Å². The predicted molar refractivity (Wildman–Crippen MR) is 79.0 cm³/mol. The van der Waals surface area contributed by atoms with Crippen LogP contribution in [-0.4, -0.2) is 42.8 Å². The van der Waals surface area contributed by atoms with Gasteiger partial charge in [-0.25, -0.2) is 4.79 Å². The van der Waals surface area contributed by atoms with Gasteiger partial charge in [0.2, 0.25) is 0 Å². The summed E-state index contributed by atoms with van der Waals surface area (Å²) in [4.78, 5) is 23.6. The molecular weight excluding hydrogens is 300 g/mol. The third-order valence-corrected chi connectivity index (χ3v) is 3.16. The zero-order valence-corrected chi connectivity index (χ0v) is 12.4. The number of hydrogen-bond acceptors (Lipinski definition) is 7. The van der Waals surface area contributed by atoms with Gasteiger partial charge in [0.1, 0.15) is 5.69 Å². The molecule has 0 spiro atoms. The summed E-state index contributed by atoms with van der Waals surface area (Å²) in [6, 6.07) is 5.96. The molecule has 0 aliphatic carbocycles. The van der Waals surface area contributed by atoms with Gasteiger partial charge in [0.05, 0.1) is 24.7 Å². The van der Waals surface area contributed by atoms with E-state index in [4.69, 9.17) is 0 Å². The Balaban J connectivity index is 2.11. The van der Waals surface area contributed by atoms with Crippen LogP contribution in [0, 0.1) is 0 Å². The lowest BCUT2D eigenvalue weighted by molar-refractivity contribution is 0.0591. The summed E-state index contributed by atoms with van der Waals surface area (Å²) in [6.45, 7) is 0. The lowest BCUT2D eigenvalue weighted by Crippen LogP contribution is -2.23. The van der Waals surface area contributed by atoms with Crippen LogP contribution in [0.1, 0.15) is 10.5 Å². The Hall–Kier alpha value is -3.36. The van der Waals surface area contributed by atoms with Crippen molar-refractivity contribution >= 4 is 5.97 Å². The second-order valence-electron chi connectivity index (χ2n) is 4.60. The van der Waals surface area contributed by atoms with Crippen LogP contribution in [0.4, 0.5) is 0 Å². The lowest BCUT2D eigenvalue weighted by Gasteiger charge is -2.07. The van der Waals surface area contributed by atoms with E-state index in [1.54, 1.807) is 30.1 Å². The zero-order chi connectivity index (χ0) is 16.4. The summed E-state index contributed by atoms with van der Waals surface area (Å²) in [6.07, 6.45) is 3.02. The van der Waals surface area contributed by atoms with E-state index in [-0.39, 0.29) is 5.69 Å². The number of methoxy groups -OCH3 is 1. The Morgan fingerprint density at radius 1 is 1.26 bits per heavy atom. The summed E-state index contributed by atoms with van der Waals surface area (Å²) in [5, 5.41) is 16.0. The third kappa shape index (κ3) is 2.71. The fourth-order valence-corrected chi connectivity index (χ4v) is 2.03. The SMILES string of the molecule is COC(=O)c1ccc(=O)n(-c2cnnc(-c3ccnn3C)c2)n1. The number of nitrogens with zero attached hydrogens (tertiary/aromatic N) is 6. The molecular formula is C14H12N6O3. The first-order valence-corrected chi connectivity index (χ1v) is 6.60. The molecule has 0 fully saturated rings. The van der Waals surface area contributed by atoms with Crippen molar-refractivity contribution in [3.8, 4) is 17.1 Å². The van der Waals surface area contributed by atoms with Crippen LogP contribution in [0.3, 0.4) is 0 Å². The first kappa shape index (κ1) is 14.6. The Morgan fingerprint density at radius 3 is 2.78 bits per heavy atom. The van der Waals surface area contributed by atoms with Gasteiger partial charge in [-0.3, -0.25) is 9.48 Å². The van der Waals surface area contributed by atoms with Crippen molar-refractivity contribution < 1.29 is 9.53 Å². The standard InChI is InChI=1S/C14H12N6O3/c1-19-12(5-6-16-19)11-7-9(8-15-17-11)20-13(21)4-3-10(18-20)14(22)23-2/h3-8H,1-2H3. The molecule has 0 aromatic carbocycles. The largest absolute Gasteiger partial charge is 0.464 e. The van der Waals surface area contributed by atoms with Gasteiger partial charge in [-0.05, 0) is 18.2 Å². The number of esters is 1. The Morgan fingerprint density at radius 2 is 2.09 bits per heavy atom. The van der Waals surface area contributed by atoms with Gasteiger partial charge in [0.15, 0.2) is 5.69 Å². The molecule has 23 heavy (non-hydrogen) atoms. The molecule has 0 amide bonds. The van der Waals surface area contributed by atoms with Crippen molar-refractivity contribution in [3.63, 3.8) is 0 Å². The summed E-state index contributed by atoms with van der Waals surface area (Å²) in [5.74, 6) is -0.632. The van der Waals surface area contributed by atoms with E-state index in [1.807, 2.05) is 0 Å². The highest BCUT2D eigenvalue weighted by molar-refractivity contribution is 5.86. The third-order valence-electron chi connectivity index (χ3n) is 3.16. The van der Waals surface area contributed by atoms with Gasteiger partial charge in [-0.15, -0.1) is 5.10 Å². The van der Waals surface area contributed by atoms with Crippen LogP contribution in [0.15, 0.2) is 41.5 Å². The average molecular weight is 312 g/mol. The molecule has 9 nitrogen and oxygen atoms in total. The van der Waals surface area contributed by atoms with Gasteiger partial charge >= 0.3 is 5.97 Å². The van der Waals surface area contributed by atoms with Crippen molar-refractivity contribution in [3.05, 3.63) is 52.7 Å². The van der Waals surface area contributed by atoms with Crippen LogP contribution in [0.25, 0.3) is 17.1 Å². The monoisotopic (exact) mass is 312 g/mol. The second-order valence-corrected chi connectivity index (χ2v) is 4.60. The molecule has 0 unspecified atom stereocenters. The molecule has 3 rings (SSSR count). The maximum absolute atomic E-state index is 12.0. The fourth-order valence-electron chi connectivity index (χ4n) is 2.03. The molecule has 9 heteroatoms. The maximum atomic E-state index is 12.0. The van der Waals surface area contributed by atoms with E-state index >= 15 is 0 Å². The van der Waals surface area contributed by atoms with Gasteiger partial charge < -0.3 is 4.74 Å². The Labute approximate surface area is 130 Å². The van der Waals surface area contributed by atoms with Crippen LogP contribution < -0.4 is 5.56 Å². The number of ether oxygens (including phenoxy) is 1. The van der Waals surface area contributed by atoms with Gasteiger partial charge in [-0.2, -0.15) is 20.0 Å². The molecule has 0 aliphatic rings. The van der Waals surface area contributed by atoms with Crippen LogP contribution in [0.2, 0.25) is 0 Å².